The summed E-state index contributed by atoms with van der Waals surface area (Å²) in [7, 11) is 0. The summed E-state index contributed by atoms with van der Waals surface area (Å²) in [5, 5.41) is 0. The number of Topliss-reactive ketones (excluding diaryl/α,β-unsaturated/α-hetero) is 1. The van der Waals surface area contributed by atoms with E-state index in [1.54, 1.807) is 12.4 Å². The Balaban J connectivity index is 2.03. The van der Waals surface area contributed by atoms with Gasteiger partial charge in [-0.1, -0.05) is 6.08 Å². The van der Waals surface area contributed by atoms with Gasteiger partial charge in [0, 0.05) is 18.0 Å². The van der Waals surface area contributed by atoms with Crippen molar-refractivity contribution < 1.29 is 4.79 Å². The summed E-state index contributed by atoms with van der Waals surface area (Å²) < 4.78 is 0. The van der Waals surface area contributed by atoms with Gasteiger partial charge in [0.2, 0.25) is 0 Å². The number of fused-ring (bicyclic) bond motifs is 1. The minimum Gasteiger partial charge on any atom is -0.289 e. The molecule has 0 atom stereocenters. The Morgan fingerprint density at radius 1 is 1.12 bits per heavy atom. The number of allylic oxidation sites excluding steroid dienone is 2. The van der Waals surface area contributed by atoms with Gasteiger partial charge in [-0.15, -0.1) is 0 Å². The standard InChI is InChI=1S/C14H12N2O/c17-14(10-3-1-2-4-10)11-5-6-12-13(9-11)16-8-7-15-12/h3,5-9H,1-2,4H2. The van der Waals surface area contributed by atoms with Crippen LogP contribution in [0.3, 0.4) is 0 Å². The number of aromatic nitrogens is 2. The molecule has 0 saturated heterocycles. The molecule has 3 rings (SSSR count). The first-order chi connectivity index (χ1) is 8.34. The molecule has 0 amide bonds. The molecular weight excluding hydrogens is 212 g/mol. The van der Waals surface area contributed by atoms with E-state index in [0.717, 1.165) is 35.9 Å². The number of benzene rings is 1. The molecule has 0 saturated carbocycles. The molecule has 3 nitrogen and oxygen atoms in total. The summed E-state index contributed by atoms with van der Waals surface area (Å²) in [6, 6.07) is 5.51. The van der Waals surface area contributed by atoms with Crippen molar-refractivity contribution >= 4 is 16.8 Å². The Kier molecular flexibility index (Phi) is 2.44. The topological polar surface area (TPSA) is 42.9 Å². The second-order valence-electron chi connectivity index (χ2n) is 4.21. The third-order valence-corrected chi connectivity index (χ3v) is 3.06. The van der Waals surface area contributed by atoms with Gasteiger partial charge in [0.15, 0.2) is 5.78 Å². The van der Waals surface area contributed by atoms with Crippen molar-refractivity contribution in [2.45, 2.75) is 19.3 Å². The largest absolute Gasteiger partial charge is 0.289 e. The summed E-state index contributed by atoms with van der Waals surface area (Å²) in [4.78, 5) is 20.6. The zero-order chi connectivity index (χ0) is 11.7. The second kappa shape index (κ2) is 4.09. The van der Waals surface area contributed by atoms with Gasteiger partial charge >= 0.3 is 0 Å². The van der Waals surface area contributed by atoms with Gasteiger partial charge < -0.3 is 0 Å². The van der Waals surface area contributed by atoms with Crippen molar-refractivity contribution in [2.24, 2.45) is 0 Å². The lowest BCUT2D eigenvalue weighted by atomic mass is 10.0. The highest BCUT2D eigenvalue weighted by molar-refractivity contribution is 6.10. The van der Waals surface area contributed by atoms with Gasteiger partial charge in [0.1, 0.15) is 0 Å². The molecule has 84 valence electrons. The number of hydrogen-bond acceptors (Lipinski definition) is 3. The number of carbonyl (C=O) groups is 1. The van der Waals surface area contributed by atoms with E-state index in [1.807, 2.05) is 24.3 Å². The zero-order valence-electron chi connectivity index (χ0n) is 9.39. The van der Waals surface area contributed by atoms with Gasteiger partial charge in [-0.2, -0.15) is 0 Å². The number of rotatable bonds is 2. The molecule has 3 heteroatoms. The molecule has 1 aromatic heterocycles. The van der Waals surface area contributed by atoms with Crippen LogP contribution >= 0.6 is 0 Å². The normalized spacial score (nSPS) is 14.9. The van der Waals surface area contributed by atoms with Gasteiger partial charge in [-0.05, 0) is 43.0 Å². The third-order valence-electron chi connectivity index (χ3n) is 3.06. The Bertz CT molecular complexity index is 616. The quantitative estimate of drug-likeness (QED) is 0.736. The monoisotopic (exact) mass is 224 g/mol. The maximum Gasteiger partial charge on any atom is 0.188 e. The predicted molar refractivity (Wildman–Crippen MR) is 65.8 cm³/mol. The molecule has 0 unspecified atom stereocenters. The van der Waals surface area contributed by atoms with Crippen molar-refractivity contribution in [1.29, 1.82) is 0 Å². The second-order valence-corrected chi connectivity index (χ2v) is 4.21. The Morgan fingerprint density at radius 2 is 1.94 bits per heavy atom. The summed E-state index contributed by atoms with van der Waals surface area (Å²) in [6.07, 6.45) is 8.36. The van der Waals surface area contributed by atoms with Crippen LogP contribution in [-0.2, 0) is 0 Å². The third kappa shape index (κ3) is 1.84. The van der Waals surface area contributed by atoms with Crippen molar-refractivity contribution in [1.82, 2.24) is 9.97 Å². The fraction of sp³-hybridized carbons (Fsp3) is 0.214. The average molecular weight is 224 g/mol. The molecule has 2 aromatic rings. The van der Waals surface area contributed by atoms with Crippen LogP contribution in [0.5, 0.6) is 0 Å². The van der Waals surface area contributed by atoms with Crippen LogP contribution in [0.15, 0.2) is 42.2 Å². The van der Waals surface area contributed by atoms with Crippen molar-refractivity contribution in [2.75, 3.05) is 0 Å². The Labute approximate surface area is 99.2 Å². The lowest BCUT2D eigenvalue weighted by molar-refractivity contribution is 0.103. The van der Waals surface area contributed by atoms with Crippen molar-refractivity contribution in [3.05, 3.63) is 47.8 Å². The molecule has 0 fully saturated rings. The summed E-state index contributed by atoms with van der Waals surface area (Å²) in [5.74, 6) is 0.134. The first kappa shape index (κ1) is 10.1. The molecule has 0 bridgehead atoms. The van der Waals surface area contributed by atoms with E-state index in [4.69, 9.17) is 0 Å². The highest BCUT2D eigenvalue weighted by Crippen LogP contribution is 2.22. The molecule has 0 N–H and O–H groups in total. The molecule has 0 spiro atoms. The molecule has 17 heavy (non-hydrogen) atoms. The summed E-state index contributed by atoms with van der Waals surface area (Å²) in [6.45, 7) is 0. The van der Waals surface area contributed by atoms with E-state index in [0.29, 0.717) is 5.56 Å². The van der Waals surface area contributed by atoms with E-state index in [2.05, 4.69) is 9.97 Å². The summed E-state index contributed by atoms with van der Waals surface area (Å²) >= 11 is 0. The van der Waals surface area contributed by atoms with Crippen LogP contribution in [-0.4, -0.2) is 15.8 Å². The van der Waals surface area contributed by atoms with Crippen LogP contribution in [0.1, 0.15) is 29.6 Å². The van der Waals surface area contributed by atoms with Crippen LogP contribution in [0.2, 0.25) is 0 Å². The number of carbonyl (C=O) groups excluding carboxylic acids is 1. The van der Waals surface area contributed by atoms with Crippen LogP contribution in [0.4, 0.5) is 0 Å². The van der Waals surface area contributed by atoms with Crippen LogP contribution in [0.25, 0.3) is 11.0 Å². The fourth-order valence-electron chi connectivity index (χ4n) is 2.17. The van der Waals surface area contributed by atoms with Gasteiger partial charge in [0.25, 0.3) is 0 Å². The van der Waals surface area contributed by atoms with Crippen molar-refractivity contribution in [3.63, 3.8) is 0 Å². The maximum atomic E-state index is 12.2. The molecule has 1 aliphatic rings. The van der Waals surface area contributed by atoms with E-state index in [1.165, 1.54) is 0 Å². The Morgan fingerprint density at radius 3 is 2.71 bits per heavy atom. The smallest absolute Gasteiger partial charge is 0.188 e. The molecule has 0 aliphatic heterocycles. The first-order valence-electron chi connectivity index (χ1n) is 5.79. The molecule has 0 radical (unpaired) electrons. The SMILES string of the molecule is O=C(C1=CCCC1)c1ccc2nccnc2c1. The minimum absolute atomic E-state index is 0.134. The van der Waals surface area contributed by atoms with Crippen molar-refractivity contribution in [3.8, 4) is 0 Å². The highest BCUT2D eigenvalue weighted by atomic mass is 16.1. The van der Waals surface area contributed by atoms with E-state index < -0.39 is 0 Å². The molecule has 1 heterocycles. The van der Waals surface area contributed by atoms with E-state index >= 15 is 0 Å². The van der Waals surface area contributed by atoms with Crippen LogP contribution < -0.4 is 0 Å². The predicted octanol–water partition coefficient (Wildman–Crippen LogP) is 2.92. The van der Waals surface area contributed by atoms with Gasteiger partial charge in [-0.3, -0.25) is 14.8 Å². The van der Waals surface area contributed by atoms with Gasteiger partial charge in [0.05, 0.1) is 11.0 Å². The number of hydrogen-bond donors (Lipinski definition) is 0. The van der Waals surface area contributed by atoms with E-state index in [9.17, 15) is 4.79 Å². The first-order valence-corrected chi connectivity index (χ1v) is 5.79. The Hall–Kier alpha value is -2.03. The van der Waals surface area contributed by atoms with Crippen LogP contribution in [0, 0.1) is 0 Å². The lowest BCUT2D eigenvalue weighted by Crippen LogP contribution is -2.01. The average Bonchev–Trinajstić information content (AvgIpc) is 2.91. The van der Waals surface area contributed by atoms with E-state index in [-0.39, 0.29) is 5.78 Å². The lowest BCUT2D eigenvalue weighted by Gasteiger charge is -2.02. The molecule has 1 aromatic carbocycles. The number of ketones is 1. The molecule has 1 aliphatic carbocycles. The van der Waals surface area contributed by atoms with Gasteiger partial charge in [-0.25, -0.2) is 0 Å². The fourth-order valence-corrected chi connectivity index (χ4v) is 2.17. The number of nitrogens with zero attached hydrogens (tertiary/aromatic N) is 2. The zero-order valence-corrected chi connectivity index (χ0v) is 9.39. The highest BCUT2D eigenvalue weighted by Gasteiger charge is 2.15. The minimum atomic E-state index is 0.134. The molecular formula is C14H12N2O. The summed E-state index contributed by atoms with van der Waals surface area (Å²) in [5.41, 5.74) is 3.25. The maximum absolute atomic E-state index is 12.2.